The fourth-order valence-corrected chi connectivity index (χ4v) is 2.71. The maximum atomic E-state index is 2.64. The van der Waals surface area contributed by atoms with Gasteiger partial charge in [0.15, 0.2) is 0 Å². The summed E-state index contributed by atoms with van der Waals surface area (Å²) in [7, 11) is 0. The molecule has 0 aromatic rings. The zero-order valence-corrected chi connectivity index (χ0v) is 13.5. The maximum absolute atomic E-state index is 2.64. The van der Waals surface area contributed by atoms with Crippen molar-refractivity contribution in [1.29, 1.82) is 0 Å². The summed E-state index contributed by atoms with van der Waals surface area (Å²) in [6, 6.07) is 0. The van der Waals surface area contributed by atoms with E-state index in [0.717, 1.165) is 11.8 Å². The smallest absolute Gasteiger partial charge is 0.0327 e. The molecule has 0 heterocycles. The van der Waals surface area contributed by atoms with Gasteiger partial charge >= 0.3 is 0 Å². The highest BCUT2D eigenvalue weighted by Crippen LogP contribution is 2.24. The quantitative estimate of drug-likeness (QED) is 0.317. The van der Waals surface area contributed by atoms with Gasteiger partial charge in [0.25, 0.3) is 0 Å². The summed E-state index contributed by atoms with van der Waals surface area (Å²) in [5, 5.41) is 0. The molecular weight excluding hydrogens is 216 g/mol. The summed E-state index contributed by atoms with van der Waals surface area (Å²) in [6.07, 6.45) is 18.1. The van der Waals surface area contributed by atoms with Gasteiger partial charge < -0.3 is 0 Å². The third-order valence-corrected chi connectivity index (χ3v) is 4.07. The third kappa shape index (κ3) is 11.1. The number of unbranched alkanes of at least 4 members (excludes halogenated alkanes) is 6. The van der Waals surface area contributed by atoms with Gasteiger partial charge in [-0.2, -0.15) is 0 Å². The molecular formula is C18H37. The van der Waals surface area contributed by atoms with Crippen molar-refractivity contribution in [3.05, 3.63) is 6.42 Å². The van der Waals surface area contributed by atoms with Crippen LogP contribution in [-0.4, -0.2) is 0 Å². The second-order valence-electron chi connectivity index (χ2n) is 6.04. The molecule has 0 N–H and O–H groups in total. The lowest BCUT2D eigenvalue weighted by atomic mass is 9.87. The molecule has 0 heteroatoms. The van der Waals surface area contributed by atoms with E-state index in [1.165, 1.54) is 70.6 Å². The van der Waals surface area contributed by atoms with E-state index in [1.807, 2.05) is 0 Å². The molecule has 2 atom stereocenters. The molecule has 0 rings (SSSR count). The average molecular weight is 253 g/mol. The predicted octanol–water partition coefficient (Wildman–Crippen LogP) is 6.79. The Balaban J connectivity index is 3.51. The van der Waals surface area contributed by atoms with Gasteiger partial charge in [-0.05, 0) is 18.3 Å². The molecule has 0 saturated heterocycles. The van der Waals surface area contributed by atoms with Crippen LogP contribution in [-0.2, 0) is 0 Å². The molecule has 109 valence electrons. The Bertz CT molecular complexity index is 150. The average Bonchev–Trinajstić information content (AvgIpc) is 2.38. The lowest BCUT2D eigenvalue weighted by Crippen LogP contribution is -2.07. The Kier molecular flexibility index (Phi) is 13.4. The van der Waals surface area contributed by atoms with Crippen LogP contribution in [0.2, 0.25) is 0 Å². The van der Waals surface area contributed by atoms with Gasteiger partial charge in [-0.3, -0.25) is 0 Å². The Morgan fingerprint density at radius 1 is 0.722 bits per heavy atom. The molecule has 2 unspecified atom stereocenters. The zero-order chi connectivity index (χ0) is 13.6. The van der Waals surface area contributed by atoms with Gasteiger partial charge in [0, 0.05) is 0 Å². The standard InChI is InChI=1S/C18H37/c1-5-8-10-11-12-13-15-18(7-3)16-17(4)14-9-6-2/h16-18H,5-15H2,1-4H3. The second kappa shape index (κ2) is 13.4. The molecule has 0 aromatic heterocycles. The van der Waals surface area contributed by atoms with E-state index in [9.17, 15) is 0 Å². The molecule has 0 saturated carbocycles. The minimum Gasteiger partial charge on any atom is -0.0654 e. The molecule has 1 radical (unpaired) electrons. The molecule has 0 aliphatic carbocycles. The summed E-state index contributed by atoms with van der Waals surface area (Å²) >= 11 is 0. The summed E-state index contributed by atoms with van der Waals surface area (Å²) in [5.74, 6) is 1.71. The van der Waals surface area contributed by atoms with Crippen molar-refractivity contribution in [3.8, 4) is 0 Å². The van der Waals surface area contributed by atoms with Crippen molar-refractivity contribution in [1.82, 2.24) is 0 Å². The van der Waals surface area contributed by atoms with Crippen LogP contribution in [0.5, 0.6) is 0 Å². The highest BCUT2D eigenvalue weighted by molar-refractivity contribution is 4.80. The summed E-state index contributed by atoms with van der Waals surface area (Å²) in [5.41, 5.74) is 0. The van der Waals surface area contributed by atoms with Gasteiger partial charge in [-0.1, -0.05) is 98.3 Å². The molecule has 0 spiro atoms. The second-order valence-corrected chi connectivity index (χ2v) is 6.04. The fourth-order valence-electron chi connectivity index (χ4n) is 2.71. The van der Waals surface area contributed by atoms with Gasteiger partial charge in [0.1, 0.15) is 0 Å². The van der Waals surface area contributed by atoms with Crippen LogP contribution in [0.25, 0.3) is 0 Å². The van der Waals surface area contributed by atoms with E-state index in [4.69, 9.17) is 0 Å². The van der Waals surface area contributed by atoms with Crippen molar-refractivity contribution in [2.24, 2.45) is 11.8 Å². The monoisotopic (exact) mass is 253 g/mol. The number of rotatable bonds is 13. The van der Waals surface area contributed by atoms with Crippen LogP contribution in [0.3, 0.4) is 0 Å². The van der Waals surface area contributed by atoms with Crippen molar-refractivity contribution in [2.75, 3.05) is 0 Å². The van der Waals surface area contributed by atoms with E-state index in [0.29, 0.717) is 0 Å². The first-order valence-corrected chi connectivity index (χ1v) is 8.59. The van der Waals surface area contributed by atoms with Crippen LogP contribution in [0, 0.1) is 18.3 Å². The van der Waals surface area contributed by atoms with Crippen LogP contribution in [0.4, 0.5) is 0 Å². The molecule has 18 heavy (non-hydrogen) atoms. The largest absolute Gasteiger partial charge is 0.0654 e. The molecule has 0 fully saturated rings. The number of hydrogen-bond acceptors (Lipinski definition) is 0. The van der Waals surface area contributed by atoms with Gasteiger partial charge in [0.2, 0.25) is 0 Å². The van der Waals surface area contributed by atoms with E-state index in [2.05, 4.69) is 34.1 Å². The topological polar surface area (TPSA) is 0 Å². The van der Waals surface area contributed by atoms with E-state index >= 15 is 0 Å². The first kappa shape index (κ1) is 18.0. The lowest BCUT2D eigenvalue weighted by Gasteiger charge is -2.19. The lowest BCUT2D eigenvalue weighted by molar-refractivity contribution is 0.425. The molecule has 0 aliphatic heterocycles. The van der Waals surface area contributed by atoms with Gasteiger partial charge in [-0.15, -0.1) is 0 Å². The van der Waals surface area contributed by atoms with E-state index in [1.54, 1.807) is 0 Å². The molecule has 0 aliphatic rings. The van der Waals surface area contributed by atoms with Crippen molar-refractivity contribution in [3.63, 3.8) is 0 Å². The van der Waals surface area contributed by atoms with Crippen molar-refractivity contribution >= 4 is 0 Å². The normalized spacial score (nSPS) is 14.7. The molecule has 0 amide bonds. The number of hydrogen-bond donors (Lipinski definition) is 0. The van der Waals surface area contributed by atoms with Crippen LogP contribution in [0.15, 0.2) is 0 Å². The Morgan fingerprint density at radius 3 is 1.94 bits per heavy atom. The third-order valence-electron chi connectivity index (χ3n) is 4.07. The van der Waals surface area contributed by atoms with Crippen molar-refractivity contribution in [2.45, 2.75) is 98.3 Å². The summed E-state index contributed by atoms with van der Waals surface area (Å²) < 4.78 is 0. The Labute approximate surface area is 117 Å². The van der Waals surface area contributed by atoms with Crippen LogP contribution >= 0.6 is 0 Å². The SMILES string of the molecule is CCCCCCCCC([CH]C(C)CCCC)CC. The van der Waals surface area contributed by atoms with Crippen LogP contribution in [0.1, 0.15) is 98.3 Å². The minimum absolute atomic E-state index is 0.829. The summed E-state index contributed by atoms with van der Waals surface area (Å²) in [6.45, 7) is 9.34. The molecule has 0 aromatic carbocycles. The van der Waals surface area contributed by atoms with Crippen molar-refractivity contribution < 1.29 is 0 Å². The maximum Gasteiger partial charge on any atom is -0.0327 e. The Morgan fingerprint density at radius 2 is 1.33 bits per heavy atom. The zero-order valence-electron chi connectivity index (χ0n) is 13.5. The predicted molar refractivity (Wildman–Crippen MR) is 84.8 cm³/mol. The molecule has 0 bridgehead atoms. The van der Waals surface area contributed by atoms with Gasteiger partial charge in [0.05, 0.1) is 0 Å². The van der Waals surface area contributed by atoms with E-state index < -0.39 is 0 Å². The minimum atomic E-state index is 0.829. The summed E-state index contributed by atoms with van der Waals surface area (Å²) in [4.78, 5) is 0. The van der Waals surface area contributed by atoms with Gasteiger partial charge in [-0.25, -0.2) is 0 Å². The van der Waals surface area contributed by atoms with Crippen LogP contribution < -0.4 is 0 Å². The molecule has 0 nitrogen and oxygen atoms in total. The fraction of sp³-hybridized carbons (Fsp3) is 0.944. The first-order valence-electron chi connectivity index (χ1n) is 8.59. The highest BCUT2D eigenvalue weighted by atomic mass is 14.2. The first-order chi connectivity index (χ1) is 8.74. The Hall–Kier alpha value is 0. The van der Waals surface area contributed by atoms with E-state index in [-0.39, 0.29) is 0 Å². The highest BCUT2D eigenvalue weighted by Gasteiger charge is 2.11.